The molecule has 3 N–H and O–H groups in total. The van der Waals surface area contributed by atoms with Crippen LogP contribution in [0.5, 0.6) is 0 Å². The molecule has 106 valence electrons. The predicted molar refractivity (Wildman–Crippen MR) is 75.7 cm³/mol. The molecule has 5 nitrogen and oxygen atoms in total. The largest absolute Gasteiger partial charge is 0.395 e. The second-order valence-electron chi connectivity index (χ2n) is 6.68. The van der Waals surface area contributed by atoms with E-state index in [1.807, 2.05) is 0 Å². The summed E-state index contributed by atoms with van der Waals surface area (Å²) in [5.41, 5.74) is 8.05. The van der Waals surface area contributed by atoms with Crippen LogP contribution in [0, 0.1) is 23.7 Å². The minimum Gasteiger partial charge on any atom is -0.395 e. The Morgan fingerprint density at radius 3 is 2.26 bits per heavy atom. The van der Waals surface area contributed by atoms with Gasteiger partial charge in [0, 0.05) is 13.6 Å². The second kappa shape index (κ2) is 3.99. The molecule has 1 fully saturated rings. The minimum absolute atomic E-state index is 0.140. The van der Waals surface area contributed by atoms with Crippen molar-refractivity contribution in [3.05, 3.63) is 11.4 Å². The van der Waals surface area contributed by atoms with Crippen LogP contribution < -0.4 is 11.1 Å². The van der Waals surface area contributed by atoms with Gasteiger partial charge in [-0.25, -0.2) is 0 Å². The number of rotatable bonds is 3. The molecular weight excluding hydrogens is 240 g/mol. The van der Waals surface area contributed by atoms with Crippen molar-refractivity contribution in [1.82, 2.24) is 15.1 Å². The fraction of sp³-hybridized carbons (Fsp3) is 0.714. The average molecular weight is 264 g/mol. The van der Waals surface area contributed by atoms with E-state index in [2.05, 4.69) is 38.1 Å². The molecule has 1 aromatic rings. The van der Waals surface area contributed by atoms with E-state index < -0.39 is 0 Å². The summed E-state index contributed by atoms with van der Waals surface area (Å²) in [5.74, 6) is 0.360. The van der Waals surface area contributed by atoms with Crippen LogP contribution in [0.1, 0.15) is 43.9 Å². The van der Waals surface area contributed by atoms with E-state index in [0.717, 1.165) is 0 Å². The number of nitrogen functional groups attached to an aromatic ring is 1. The molecule has 0 atom stereocenters. The number of hydrogen-bond donors (Lipinski definition) is 2. The van der Waals surface area contributed by atoms with Crippen molar-refractivity contribution in [2.24, 2.45) is 23.8 Å². The molecule has 19 heavy (non-hydrogen) atoms. The highest BCUT2D eigenvalue weighted by molar-refractivity contribution is 5.97. The van der Waals surface area contributed by atoms with Gasteiger partial charge in [-0.15, -0.1) is 0 Å². The van der Waals surface area contributed by atoms with Crippen molar-refractivity contribution in [3.8, 4) is 0 Å². The Morgan fingerprint density at radius 1 is 1.37 bits per heavy atom. The lowest BCUT2D eigenvalue weighted by atomic mass is 10.0. The van der Waals surface area contributed by atoms with Gasteiger partial charge in [-0.05, 0) is 23.7 Å². The van der Waals surface area contributed by atoms with Crippen LogP contribution in [-0.2, 0) is 7.05 Å². The summed E-state index contributed by atoms with van der Waals surface area (Å²) < 4.78 is 1.54. The first-order chi connectivity index (χ1) is 8.60. The first-order valence-corrected chi connectivity index (χ1v) is 6.68. The molecule has 1 heterocycles. The summed E-state index contributed by atoms with van der Waals surface area (Å²) in [6.07, 6.45) is 0. The number of aromatic nitrogens is 2. The van der Waals surface area contributed by atoms with Crippen molar-refractivity contribution in [2.75, 3.05) is 12.3 Å². The Hall–Kier alpha value is -1.52. The molecule has 0 bridgehead atoms. The number of anilines is 1. The number of carbonyl (C=O) groups is 1. The second-order valence-corrected chi connectivity index (χ2v) is 6.68. The highest BCUT2D eigenvalue weighted by Gasteiger charge is 2.64. The van der Waals surface area contributed by atoms with Crippen molar-refractivity contribution in [3.63, 3.8) is 0 Å². The van der Waals surface area contributed by atoms with Gasteiger partial charge >= 0.3 is 0 Å². The van der Waals surface area contributed by atoms with Crippen LogP contribution in [-0.4, -0.2) is 22.2 Å². The number of carbonyl (C=O) groups excluding carboxylic acids is 1. The molecule has 1 amide bonds. The lowest BCUT2D eigenvalue weighted by Gasteiger charge is -2.07. The zero-order chi connectivity index (χ0) is 14.6. The molecule has 1 aromatic heterocycles. The van der Waals surface area contributed by atoms with Crippen molar-refractivity contribution in [1.29, 1.82) is 0 Å². The van der Waals surface area contributed by atoms with Gasteiger partial charge in [0.2, 0.25) is 0 Å². The van der Waals surface area contributed by atoms with Crippen molar-refractivity contribution >= 4 is 11.6 Å². The molecule has 1 aliphatic rings. The summed E-state index contributed by atoms with van der Waals surface area (Å²) in [5, 5.41) is 7.15. The smallest absolute Gasteiger partial charge is 0.271 e. The normalized spacial score (nSPS) is 20.3. The number of nitrogens with one attached hydrogen (secondary N) is 1. The minimum atomic E-state index is -0.140. The third-order valence-corrected chi connectivity index (χ3v) is 5.27. The highest BCUT2D eigenvalue weighted by Crippen LogP contribution is 2.67. The third-order valence-electron chi connectivity index (χ3n) is 5.27. The van der Waals surface area contributed by atoms with E-state index in [1.54, 1.807) is 18.7 Å². The molecule has 0 saturated heterocycles. The first-order valence-electron chi connectivity index (χ1n) is 6.68. The standard InChI is InChI=1S/C14H24N4O/c1-8-10(15)11(18(6)17-8)12(19)16-7-9-13(2,3)14(9,4)5/h9H,7,15H2,1-6H3,(H,16,19). The van der Waals surface area contributed by atoms with E-state index in [4.69, 9.17) is 5.73 Å². The average Bonchev–Trinajstić information content (AvgIpc) is 2.51. The number of hydrogen-bond acceptors (Lipinski definition) is 3. The van der Waals surface area contributed by atoms with E-state index >= 15 is 0 Å². The van der Waals surface area contributed by atoms with Crippen LogP contribution in [0.2, 0.25) is 0 Å². The lowest BCUT2D eigenvalue weighted by Crippen LogP contribution is -2.29. The van der Waals surface area contributed by atoms with Crippen molar-refractivity contribution in [2.45, 2.75) is 34.6 Å². The molecule has 0 radical (unpaired) electrons. The molecule has 2 rings (SSSR count). The highest BCUT2D eigenvalue weighted by atomic mass is 16.2. The molecule has 0 spiro atoms. The maximum absolute atomic E-state index is 12.2. The van der Waals surface area contributed by atoms with Crippen LogP contribution in [0.3, 0.4) is 0 Å². The van der Waals surface area contributed by atoms with Gasteiger partial charge in [-0.2, -0.15) is 5.10 Å². The maximum atomic E-state index is 12.2. The van der Waals surface area contributed by atoms with E-state index in [1.165, 1.54) is 0 Å². The van der Waals surface area contributed by atoms with Gasteiger partial charge < -0.3 is 11.1 Å². The van der Waals surface area contributed by atoms with E-state index in [-0.39, 0.29) is 16.7 Å². The Morgan fingerprint density at radius 2 is 1.89 bits per heavy atom. The Kier molecular flexibility index (Phi) is 2.92. The number of aryl methyl sites for hydroxylation is 2. The van der Waals surface area contributed by atoms with Gasteiger partial charge in [0.05, 0.1) is 11.4 Å². The fourth-order valence-electron chi connectivity index (χ4n) is 3.07. The lowest BCUT2D eigenvalue weighted by molar-refractivity contribution is 0.0941. The van der Waals surface area contributed by atoms with Crippen LogP contribution in [0.4, 0.5) is 5.69 Å². The molecule has 1 aliphatic carbocycles. The molecule has 0 aliphatic heterocycles. The SMILES string of the molecule is Cc1nn(C)c(C(=O)NCC2C(C)(C)C2(C)C)c1N. The fourth-order valence-corrected chi connectivity index (χ4v) is 3.07. The predicted octanol–water partition coefficient (Wildman–Crippen LogP) is 1.72. The van der Waals surface area contributed by atoms with Gasteiger partial charge in [0.25, 0.3) is 5.91 Å². The molecule has 0 aromatic carbocycles. The molecule has 5 heteroatoms. The number of amides is 1. The van der Waals surface area contributed by atoms with E-state index in [0.29, 0.717) is 29.5 Å². The molecule has 1 saturated carbocycles. The first kappa shape index (κ1) is 13.9. The van der Waals surface area contributed by atoms with Crippen molar-refractivity contribution < 1.29 is 4.79 Å². The van der Waals surface area contributed by atoms with Gasteiger partial charge in [0.1, 0.15) is 5.69 Å². The Balaban J connectivity index is 2.04. The topological polar surface area (TPSA) is 72.9 Å². The summed E-state index contributed by atoms with van der Waals surface area (Å²) in [7, 11) is 1.74. The van der Waals surface area contributed by atoms with Crippen LogP contribution in [0.15, 0.2) is 0 Å². The molecule has 0 unspecified atom stereocenters. The summed E-state index contributed by atoms with van der Waals surface area (Å²) in [4.78, 5) is 12.2. The number of nitrogens with zero attached hydrogens (tertiary/aromatic N) is 2. The zero-order valence-electron chi connectivity index (χ0n) is 12.7. The summed E-state index contributed by atoms with van der Waals surface area (Å²) >= 11 is 0. The summed E-state index contributed by atoms with van der Waals surface area (Å²) in [6, 6.07) is 0. The quantitative estimate of drug-likeness (QED) is 0.873. The summed E-state index contributed by atoms with van der Waals surface area (Å²) in [6.45, 7) is 11.5. The molecular formula is C14H24N4O. The zero-order valence-corrected chi connectivity index (χ0v) is 12.7. The van der Waals surface area contributed by atoms with Gasteiger partial charge in [0.15, 0.2) is 0 Å². The van der Waals surface area contributed by atoms with Gasteiger partial charge in [-0.3, -0.25) is 9.48 Å². The Bertz CT molecular complexity index is 514. The Labute approximate surface area is 114 Å². The maximum Gasteiger partial charge on any atom is 0.271 e. The van der Waals surface area contributed by atoms with Gasteiger partial charge in [-0.1, -0.05) is 27.7 Å². The van der Waals surface area contributed by atoms with Crippen LogP contribution >= 0.6 is 0 Å². The third kappa shape index (κ3) is 1.91. The number of nitrogens with two attached hydrogens (primary N) is 1. The van der Waals surface area contributed by atoms with Crippen LogP contribution in [0.25, 0.3) is 0 Å². The van der Waals surface area contributed by atoms with E-state index in [9.17, 15) is 4.79 Å². The monoisotopic (exact) mass is 264 g/mol.